The van der Waals surface area contributed by atoms with Gasteiger partial charge in [0.05, 0.1) is 23.2 Å². The van der Waals surface area contributed by atoms with Crippen LogP contribution in [0.3, 0.4) is 0 Å². The zero-order valence-electron chi connectivity index (χ0n) is 21.5. The Morgan fingerprint density at radius 1 is 0.744 bits per heavy atom. The van der Waals surface area contributed by atoms with E-state index in [2.05, 4.69) is 5.32 Å². The number of para-hydroxylation sites is 1. The van der Waals surface area contributed by atoms with Crippen molar-refractivity contribution in [3.05, 3.63) is 117 Å². The Kier molecular flexibility index (Phi) is 5.04. The number of amides is 3. The summed E-state index contributed by atoms with van der Waals surface area (Å²) in [5.74, 6) is -2.79. The van der Waals surface area contributed by atoms with Crippen LogP contribution in [0.1, 0.15) is 39.8 Å². The lowest BCUT2D eigenvalue weighted by atomic mass is 9.55. The molecule has 194 valence electrons. The fraction of sp³-hybridized carbons (Fsp3) is 0.226. The van der Waals surface area contributed by atoms with E-state index in [4.69, 9.17) is 0 Å². The van der Waals surface area contributed by atoms with E-state index in [0.29, 0.717) is 11.4 Å². The summed E-state index contributed by atoms with van der Waals surface area (Å²) in [5.41, 5.74) is 5.29. The van der Waals surface area contributed by atoms with E-state index in [-0.39, 0.29) is 34.9 Å². The van der Waals surface area contributed by atoms with E-state index in [1.54, 1.807) is 30.8 Å². The summed E-state index contributed by atoms with van der Waals surface area (Å²) in [6, 6.07) is 25.2. The molecule has 3 aromatic carbocycles. The standard InChI is InChI=1S/C31H26N4O4/c1-17-28(31(39)35(33(17)2)18-10-4-3-5-11-18)32-23(36)16-34-29(37)26-24-19-12-6-7-13-20(19)25(27(26)30(34)38)22-15-9-8-14-21(22)24/h3-15,24-27H,16H2,1-2H3,(H,32,36)/t24?,25?,26-,27-/m1/s1. The molecular formula is C31H26N4O4. The molecule has 2 bridgehead atoms. The Morgan fingerprint density at radius 3 is 1.69 bits per heavy atom. The summed E-state index contributed by atoms with van der Waals surface area (Å²) in [7, 11) is 1.74. The number of benzene rings is 3. The van der Waals surface area contributed by atoms with Crippen molar-refractivity contribution in [3.63, 3.8) is 0 Å². The van der Waals surface area contributed by atoms with Crippen LogP contribution in [-0.2, 0) is 21.4 Å². The van der Waals surface area contributed by atoms with Crippen molar-refractivity contribution in [2.75, 3.05) is 11.9 Å². The first kappa shape index (κ1) is 23.4. The Hall–Kier alpha value is -4.72. The van der Waals surface area contributed by atoms with E-state index in [0.717, 1.165) is 27.2 Å². The van der Waals surface area contributed by atoms with E-state index in [1.807, 2.05) is 66.7 Å². The van der Waals surface area contributed by atoms with Gasteiger partial charge >= 0.3 is 0 Å². The summed E-state index contributed by atoms with van der Waals surface area (Å²) < 4.78 is 3.14. The van der Waals surface area contributed by atoms with Crippen molar-refractivity contribution in [2.24, 2.45) is 18.9 Å². The first-order chi connectivity index (χ1) is 18.9. The third-order valence-corrected chi connectivity index (χ3v) is 8.66. The smallest absolute Gasteiger partial charge is 0.295 e. The summed E-state index contributed by atoms with van der Waals surface area (Å²) in [6.45, 7) is 1.30. The van der Waals surface area contributed by atoms with Crippen molar-refractivity contribution in [1.29, 1.82) is 0 Å². The molecule has 8 nitrogen and oxygen atoms in total. The maximum Gasteiger partial charge on any atom is 0.295 e. The summed E-state index contributed by atoms with van der Waals surface area (Å²) >= 11 is 0. The zero-order chi connectivity index (χ0) is 27.0. The maximum absolute atomic E-state index is 13.8. The molecule has 1 N–H and O–H groups in total. The van der Waals surface area contributed by atoms with Crippen molar-refractivity contribution in [2.45, 2.75) is 18.8 Å². The van der Waals surface area contributed by atoms with Crippen molar-refractivity contribution < 1.29 is 14.4 Å². The van der Waals surface area contributed by atoms with Gasteiger partial charge in [0.15, 0.2) is 0 Å². The minimum atomic E-state index is -0.580. The van der Waals surface area contributed by atoms with Crippen LogP contribution in [0.25, 0.3) is 5.69 Å². The molecule has 1 fully saturated rings. The summed E-state index contributed by atoms with van der Waals surface area (Å²) in [4.78, 5) is 55.1. The molecule has 4 aliphatic rings. The number of anilines is 1. The SMILES string of the molecule is Cc1c(NC(=O)CN2C(=O)[C@@H]3C4c5ccccc5C(c5ccccc54)[C@H]3C2=O)c(=O)n(-c2ccccc2)n1C. The third kappa shape index (κ3) is 3.17. The predicted octanol–water partition coefficient (Wildman–Crippen LogP) is 3.32. The van der Waals surface area contributed by atoms with E-state index in [1.165, 1.54) is 4.68 Å². The number of imide groups is 1. The quantitative estimate of drug-likeness (QED) is 0.420. The number of aromatic nitrogens is 2. The number of likely N-dealkylation sites (tertiary alicyclic amines) is 1. The average molecular weight is 519 g/mol. The van der Waals surface area contributed by atoms with Crippen LogP contribution < -0.4 is 10.9 Å². The number of rotatable bonds is 4. The molecule has 0 spiro atoms. The molecule has 4 aromatic rings. The Bertz CT molecular complexity index is 1640. The van der Waals surface area contributed by atoms with E-state index < -0.39 is 24.3 Å². The second kappa shape index (κ2) is 8.39. The van der Waals surface area contributed by atoms with Gasteiger partial charge in [-0.15, -0.1) is 0 Å². The third-order valence-electron chi connectivity index (χ3n) is 8.66. The van der Waals surface area contributed by atoms with Crippen LogP contribution in [0.5, 0.6) is 0 Å². The number of hydrogen-bond donors (Lipinski definition) is 1. The maximum atomic E-state index is 13.8. The minimum absolute atomic E-state index is 0.128. The molecule has 39 heavy (non-hydrogen) atoms. The van der Waals surface area contributed by atoms with Gasteiger partial charge in [0.1, 0.15) is 12.2 Å². The van der Waals surface area contributed by atoms with Crippen LogP contribution in [0, 0.1) is 18.8 Å². The molecule has 8 rings (SSSR count). The molecule has 1 aromatic heterocycles. The molecule has 2 heterocycles. The molecule has 3 amide bonds. The zero-order valence-corrected chi connectivity index (χ0v) is 21.5. The lowest BCUT2D eigenvalue weighted by Crippen LogP contribution is -2.41. The van der Waals surface area contributed by atoms with E-state index >= 15 is 0 Å². The largest absolute Gasteiger partial charge is 0.318 e. The molecule has 8 heteroatoms. The molecule has 0 radical (unpaired) electrons. The molecule has 3 aliphatic carbocycles. The van der Waals surface area contributed by atoms with Crippen LogP contribution in [0.4, 0.5) is 5.69 Å². The summed E-state index contributed by atoms with van der Waals surface area (Å²) in [6.07, 6.45) is 0. The Morgan fingerprint density at radius 2 is 1.21 bits per heavy atom. The number of hydrogen-bond acceptors (Lipinski definition) is 4. The molecule has 0 unspecified atom stereocenters. The number of nitrogens with one attached hydrogen (secondary N) is 1. The second-order valence-corrected chi connectivity index (χ2v) is 10.5. The van der Waals surface area contributed by atoms with Crippen molar-refractivity contribution in [1.82, 2.24) is 14.3 Å². The highest BCUT2D eigenvalue weighted by molar-refractivity contribution is 6.10. The first-order valence-electron chi connectivity index (χ1n) is 13.0. The Balaban J connectivity index is 1.20. The molecule has 1 aliphatic heterocycles. The molecule has 0 saturated carbocycles. The van der Waals surface area contributed by atoms with Crippen molar-refractivity contribution >= 4 is 23.4 Å². The highest BCUT2D eigenvalue weighted by Crippen LogP contribution is 2.60. The van der Waals surface area contributed by atoms with Gasteiger partial charge in [-0.05, 0) is 41.3 Å². The van der Waals surface area contributed by atoms with Crippen LogP contribution in [0.15, 0.2) is 83.7 Å². The fourth-order valence-electron chi connectivity index (χ4n) is 6.93. The van der Waals surface area contributed by atoms with Gasteiger partial charge < -0.3 is 5.32 Å². The van der Waals surface area contributed by atoms with Gasteiger partial charge in [0.25, 0.3) is 5.56 Å². The number of nitrogens with zero attached hydrogens (tertiary/aromatic N) is 3. The van der Waals surface area contributed by atoms with E-state index in [9.17, 15) is 19.2 Å². The summed E-state index contributed by atoms with van der Waals surface area (Å²) in [5, 5.41) is 2.69. The topological polar surface area (TPSA) is 93.4 Å². The normalized spacial score (nSPS) is 22.5. The molecule has 2 atom stereocenters. The van der Waals surface area contributed by atoms with Gasteiger partial charge in [-0.3, -0.25) is 28.8 Å². The second-order valence-electron chi connectivity index (χ2n) is 10.5. The van der Waals surface area contributed by atoms with Crippen molar-refractivity contribution in [3.8, 4) is 5.69 Å². The van der Waals surface area contributed by atoms with Crippen LogP contribution in [-0.4, -0.2) is 38.5 Å². The first-order valence-corrected chi connectivity index (χ1v) is 13.0. The number of carbonyl (C=O) groups excluding carboxylic acids is 3. The van der Waals surface area contributed by atoms with Gasteiger partial charge in [-0.1, -0.05) is 66.7 Å². The molecular weight excluding hydrogens is 492 g/mol. The lowest BCUT2D eigenvalue weighted by molar-refractivity contribution is -0.142. The predicted molar refractivity (Wildman–Crippen MR) is 145 cm³/mol. The van der Waals surface area contributed by atoms with Crippen LogP contribution >= 0.6 is 0 Å². The molecule has 1 saturated heterocycles. The van der Waals surface area contributed by atoms with Gasteiger partial charge in [-0.25, -0.2) is 4.68 Å². The average Bonchev–Trinajstić information content (AvgIpc) is 3.33. The monoisotopic (exact) mass is 518 g/mol. The fourth-order valence-corrected chi connectivity index (χ4v) is 6.93. The Labute approximate surface area is 224 Å². The van der Waals surface area contributed by atoms with Crippen LogP contribution in [0.2, 0.25) is 0 Å². The highest BCUT2D eigenvalue weighted by atomic mass is 16.2. The highest BCUT2D eigenvalue weighted by Gasteiger charge is 2.61. The lowest BCUT2D eigenvalue weighted by Gasteiger charge is -2.45. The van der Waals surface area contributed by atoms with Gasteiger partial charge in [0, 0.05) is 18.9 Å². The van der Waals surface area contributed by atoms with Gasteiger partial charge in [-0.2, -0.15) is 0 Å². The van der Waals surface area contributed by atoms with Gasteiger partial charge in [0.2, 0.25) is 17.7 Å². The minimum Gasteiger partial charge on any atom is -0.318 e. The number of carbonyl (C=O) groups is 3.